The molecule has 2 aliphatic rings. The average Bonchev–Trinajstić information content (AvgIpc) is 3.09. The van der Waals surface area contributed by atoms with Crippen LogP contribution in [0.3, 0.4) is 0 Å². The van der Waals surface area contributed by atoms with Gasteiger partial charge in [-0.2, -0.15) is 0 Å². The minimum Gasteiger partial charge on any atom is -0.489 e. The molecule has 0 atom stereocenters. The topological polar surface area (TPSA) is 21.3 Å². The van der Waals surface area contributed by atoms with E-state index >= 15 is 0 Å². The van der Waals surface area contributed by atoms with Crippen molar-refractivity contribution < 1.29 is 4.74 Å². The largest absolute Gasteiger partial charge is 0.489 e. The highest BCUT2D eigenvalue weighted by molar-refractivity contribution is 9.10. The maximum absolute atomic E-state index is 5.71. The monoisotopic (exact) mass is 315 g/mol. The molecule has 1 aliphatic carbocycles. The van der Waals surface area contributed by atoms with E-state index in [1.165, 1.54) is 24.0 Å². The van der Waals surface area contributed by atoms with Crippen LogP contribution in [0.4, 0.5) is 0 Å². The standard InChI is InChI=1S/C13H14BrNO.ClH/c14-11-1-4-13-10(6-11)5-9(8-16-13)7-15-12-2-3-12;/h1,4-6,12,15H,2-3,7-8H2;1H. The fourth-order valence-corrected chi connectivity index (χ4v) is 2.24. The highest BCUT2D eigenvalue weighted by Crippen LogP contribution is 2.29. The molecular weight excluding hydrogens is 302 g/mol. The molecule has 0 aromatic heterocycles. The van der Waals surface area contributed by atoms with Crippen molar-refractivity contribution in [3.63, 3.8) is 0 Å². The van der Waals surface area contributed by atoms with Crippen molar-refractivity contribution in [3.05, 3.63) is 33.8 Å². The van der Waals surface area contributed by atoms with Gasteiger partial charge in [-0.3, -0.25) is 0 Å². The van der Waals surface area contributed by atoms with Gasteiger partial charge in [-0.15, -0.1) is 12.4 Å². The number of ether oxygens (including phenoxy) is 1. The van der Waals surface area contributed by atoms with Gasteiger partial charge < -0.3 is 10.1 Å². The van der Waals surface area contributed by atoms with E-state index in [1.54, 1.807) is 0 Å². The molecule has 0 spiro atoms. The van der Waals surface area contributed by atoms with Gasteiger partial charge in [0, 0.05) is 22.6 Å². The van der Waals surface area contributed by atoms with Gasteiger partial charge in [0.05, 0.1) is 0 Å². The number of fused-ring (bicyclic) bond motifs is 1. The van der Waals surface area contributed by atoms with E-state index < -0.39 is 0 Å². The normalized spacial score (nSPS) is 17.6. The van der Waals surface area contributed by atoms with Crippen molar-refractivity contribution in [1.82, 2.24) is 5.32 Å². The lowest BCUT2D eigenvalue weighted by molar-refractivity contribution is 0.343. The van der Waals surface area contributed by atoms with Crippen LogP contribution in [0.2, 0.25) is 0 Å². The average molecular weight is 317 g/mol. The molecule has 1 heterocycles. The van der Waals surface area contributed by atoms with Crippen LogP contribution < -0.4 is 10.1 Å². The van der Waals surface area contributed by atoms with Gasteiger partial charge in [0.2, 0.25) is 0 Å². The lowest BCUT2D eigenvalue weighted by atomic mass is 10.1. The van der Waals surface area contributed by atoms with Gasteiger partial charge in [0.1, 0.15) is 12.4 Å². The SMILES string of the molecule is Brc1ccc2c(c1)C=C(CNC1CC1)CO2.Cl. The summed E-state index contributed by atoms with van der Waals surface area (Å²) in [4.78, 5) is 0. The van der Waals surface area contributed by atoms with Crippen molar-refractivity contribution in [2.45, 2.75) is 18.9 Å². The van der Waals surface area contributed by atoms with Crippen LogP contribution in [-0.4, -0.2) is 19.2 Å². The second-order valence-corrected chi connectivity index (χ2v) is 5.34. The molecule has 1 fully saturated rings. The van der Waals surface area contributed by atoms with E-state index in [1.807, 2.05) is 12.1 Å². The predicted octanol–water partition coefficient (Wildman–Crippen LogP) is 3.40. The molecule has 0 saturated heterocycles. The Morgan fingerprint density at radius 1 is 1.35 bits per heavy atom. The summed E-state index contributed by atoms with van der Waals surface area (Å²) in [5, 5.41) is 3.51. The molecule has 0 unspecified atom stereocenters. The van der Waals surface area contributed by atoms with Gasteiger partial charge in [0.25, 0.3) is 0 Å². The van der Waals surface area contributed by atoms with E-state index in [0.717, 1.165) is 22.8 Å². The molecule has 1 N–H and O–H groups in total. The van der Waals surface area contributed by atoms with E-state index in [-0.39, 0.29) is 12.4 Å². The van der Waals surface area contributed by atoms with Gasteiger partial charge in [0.15, 0.2) is 0 Å². The quantitative estimate of drug-likeness (QED) is 0.923. The molecule has 0 radical (unpaired) electrons. The summed E-state index contributed by atoms with van der Waals surface area (Å²) in [6.45, 7) is 1.67. The third-order valence-electron chi connectivity index (χ3n) is 2.94. The van der Waals surface area contributed by atoms with Crippen LogP contribution in [0.1, 0.15) is 18.4 Å². The molecule has 4 heteroatoms. The van der Waals surface area contributed by atoms with Crippen LogP contribution in [0.25, 0.3) is 6.08 Å². The molecule has 0 bridgehead atoms. The predicted molar refractivity (Wildman–Crippen MR) is 75.9 cm³/mol. The number of halogens is 2. The van der Waals surface area contributed by atoms with E-state index in [2.05, 4.69) is 33.4 Å². The molecule has 1 aromatic carbocycles. The zero-order valence-corrected chi connectivity index (χ0v) is 11.8. The summed E-state index contributed by atoms with van der Waals surface area (Å²) >= 11 is 3.48. The third-order valence-corrected chi connectivity index (χ3v) is 3.43. The first-order valence-corrected chi connectivity index (χ1v) is 6.46. The summed E-state index contributed by atoms with van der Waals surface area (Å²) in [6, 6.07) is 6.89. The fourth-order valence-electron chi connectivity index (χ4n) is 1.86. The second-order valence-electron chi connectivity index (χ2n) is 4.43. The van der Waals surface area contributed by atoms with Crippen LogP contribution >= 0.6 is 28.3 Å². The smallest absolute Gasteiger partial charge is 0.127 e. The van der Waals surface area contributed by atoms with Crippen molar-refractivity contribution in [1.29, 1.82) is 0 Å². The highest BCUT2D eigenvalue weighted by atomic mass is 79.9. The second kappa shape index (κ2) is 5.42. The van der Waals surface area contributed by atoms with Gasteiger partial charge in [-0.25, -0.2) is 0 Å². The minimum absolute atomic E-state index is 0. The van der Waals surface area contributed by atoms with Gasteiger partial charge in [-0.05, 0) is 42.7 Å². The summed E-state index contributed by atoms with van der Waals surface area (Å²) in [6.07, 6.45) is 4.89. The van der Waals surface area contributed by atoms with E-state index in [9.17, 15) is 0 Å². The first-order valence-electron chi connectivity index (χ1n) is 5.66. The van der Waals surface area contributed by atoms with Crippen LogP contribution in [0, 0.1) is 0 Å². The maximum Gasteiger partial charge on any atom is 0.127 e. The van der Waals surface area contributed by atoms with Gasteiger partial charge >= 0.3 is 0 Å². The fraction of sp³-hybridized carbons (Fsp3) is 0.385. The van der Waals surface area contributed by atoms with Crippen LogP contribution in [0.5, 0.6) is 5.75 Å². The number of benzene rings is 1. The number of hydrogen-bond acceptors (Lipinski definition) is 2. The zero-order chi connectivity index (χ0) is 11.0. The summed E-state index contributed by atoms with van der Waals surface area (Å²) in [5.41, 5.74) is 2.51. The minimum atomic E-state index is 0. The lowest BCUT2D eigenvalue weighted by Gasteiger charge is -2.18. The van der Waals surface area contributed by atoms with Crippen molar-refractivity contribution in [2.24, 2.45) is 0 Å². The van der Waals surface area contributed by atoms with Crippen LogP contribution in [0.15, 0.2) is 28.2 Å². The maximum atomic E-state index is 5.71. The summed E-state index contributed by atoms with van der Waals surface area (Å²) < 4.78 is 6.81. The Kier molecular flexibility index (Phi) is 4.13. The summed E-state index contributed by atoms with van der Waals surface area (Å²) in [5.74, 6) is 0.985. The zero-order valence-electron chi connectivity index (χ0n) is 9.41. The first-order chi connectivity index (χ1) is 7.81. The van der Waals surface area contributed by atoms with Crippen molar-refractivity contribution in [3.8, 4) is 5.75 Å². The van der Waals surface area contributed by atoms with Gasteiger partial charge in [-0.1, -0.05) is 15.9 Å². The molecule has 3 rings (SSSR count). The Labute approximate surface area is 116 Å². The Morgan fingerprint density at radius 3 is 2.94 bits per heavy atom. The Balaban J connectivity index is 0.00000108. The Morgan fingerprint density at radius 2 is 2.18 bits per heavy atom. The molecule has 0 amide bonds. The lowest BCUT2D eigenvalue weighted by Crippen LogP contribution is -2.23. The van der Waals surface area contributed by atoms with Crippen molar-refractivity contribution >= 4 is 34.4 Å². The van der Waals surface area contributed by atoms with E-state index in [0.29, 0.717) is 6.61 Å². The highest BCUT2D eigenvalue weighted by Gasteiger charge is 2.21. The van der Waals surface area contributed by atoms with Crippen molar-refractivity contribution in [2.75, 3.05) is 13.2 Å². The molecular formula is C13H15BrClNO. The summed E-state index contributed by atoms with van der Waals surface area (Å²) in [7, 11) is 0. The molecule has 2 nitrogen and oxygen atoms in total. The number of rotatable bonds is 3. The first kappa shape index (κ1) is 12.9. The molecule has 1 saturated carbocycles. The Hall–Kier alpha value is -0.510. The van der Waals surface area contributed by atoms with E-state index in [4.69, 9.17) is 4.74 Å². The Bertz CT molecular complexity index is 443. The number of hydrogen-bond donors (Lipinski definition) is 1. The third kappa shape index (κ3) is 3.24. The number of nitrogens with one attached hydrogen (secondary N) is 1. The molecule has 1 aliphatic heterocycles. The molecule has 1 aromatic rings. The molecule has 17 heavy (non-hydrogen) atoms. The van der Waals surface area contributed by atoms with Crippen LogP contribution in [-0.2, 0) is 0 Å². The molecule has 92 valence electrons.